The number of nitrogens with zero attached hydrogens (tertiary/aromatic N) is 3. The van der Waals surface area contributed by atoms with Crippen molar-refractivity contribution in [2.75, 3.05) is 13.7 Å². The first-order chi connectivity index (χ1) is 15.7. The number of aromatic nitrogens is 4. The molecule has 0 radical (unpaired) electrons. The van der Waals surface area contributed by atoms with Gasteiger partial charge in [-0.25, -0.2) is 0 Å². The van der Waals surface area contributed by atoms with Crippen LogP contribution in [0.3, 0.4) is 0 Å². The van der Waals surface area contributed by atoms with Gasteiger partial charge >= 0.3 is 0 Å². The smallest absolute Gasteiger partial charge is 0.273 e. The SMILES string of the molecule is COCCCc1ncc(-c2ccccc2)n(CC(=O)NCc2cc3cnccc3[nH]2)c1=O. The molecule has 1 amide bonds. The molecule has 0 fully saturated rings. The van der Waals surface area contributed by atoms with E-state index < -0.39 is 0 Å². The molecule has 0 unspecified atom stereocenters. The first-order valence-corrected chi connectivity index (χ1v) is 10.5. The molecule has 0 aliphatic heterocycles. The van der Waals surface area contributed by atoms with E-state index in [0.29, 0.717) is 37.4 Å². The first kappa shape index (κ1) is 21.5. The molecule has 8 heteroatoms. The van der Waals surface area contributed by atoms with Gasteiger partial charge in [0.25, 0.3) is 5.56 Å². The number of fused-ring (bicyclic) bond motifs is 1. The van der Waals surface area contributed by atoms with Gasteiger partial charge in [0.2, 0.25) is 5.91 Å². The number of aryl methyl sites for hydroxylation is 1. The second kappa shape index (κ2) is 10.0. The number of rotatable bonds is 9. The minimum Gasteiger partial charge on any atom is -0.385 e. The predicted molar refractivity (Wildman–Crippen MR) is 122 cm³/mol. The topological polar surface area (TPSA) is 102 Å². The Bertz CT molecular complexity index is 1230. The van der Waals surface area contributed by atoms with Gasteiger partial charge in [-0.15, -0.1) is 0 Å². The molecule has 3 aromatic heterocycles. The highest BCUT2D eigenvalue weighted by Gasteiger charge is 2.15. The molecular weight excluding hydrogens is 406 g/mol. The second-order valence-corrected chi connectivity index (χ2v) is 7.48. The van der Waals surface area contributed by atoms with E-state index in [1.54, 1.807) is 25.7 Å². The van der Waals surface area contributed by atoms with Gasteiger partial charge in [0, 0.05) is 42.7 Å². The van der Waals surface area contributed by atoms with Gasteiger partial charge in [0.15, 0.2) is 0 Å². The summed E-state index contributed by atoms with van der Waals surface area (Å²) in [6, 6.07) is 13.3. The highest BCUT2D eigenvalue weighted by Crippen LogP contribution is 2.17. The van der Waals surface area contributed by atoms with Crippen molar-refractivity contribution in [1.29, 1.82) is 0 Å². The summed E-state index contributed by atoms with van der Waals surface area (Å²) < 4.78 is 6.57. The average molecular weight is 431 g/mol. The zero-order chi connectivity index (χ0) is 22.3. The molecule has 2 N–H and O–H groups in total. The standard InChI is InChI=1S/C24H25N5O3/c1-32-11-5-8-21-24(31)29(22(15-26-21)17-6-3-2-4-7-17)16-23(30)27-14-19-12-18-13-25-10-9-20(18)28-19/h2-4,6-7,9-10,12-13,15,28H,5,8,11,14,16H2,1H3,(H,27,30). The van der Waals surface area contributed by atoms with Crippen LogP contribution in [0.5, 0.6) is 0 Å². The van der Waals surface area contributed by atoms with Crippen molar-refractivity contribution in [1.82, 2.24) is 24.8 Å². The molecule has 3 heterocycles. The number of H-pyrrole nitrogens is 1. The number of aromatic amines is 1. The van der Waals surface area contributed by atoms with E-state index in [4.69, 9.17) is 4.74 Å². The van der Waals surface area contributed by atoms with Crippen molar-refractivity contribution in [3.8, 4) is 11.3 Å². The van der Waals surface area contributed by atoms with E-state index in [9.17, 15) is 9.59 Å². The molecule has 164 valence electrons. The van der Waals surface area contributed by atoms with E-state index in [0.717, 1.165) is 22.2 Å². The molecule has 4 aromatic rings. The zero-order valence-electron chi connectivity index (χ0n) is 17.9. The molecular formula is C24H25N5O3. The van der Waals surface area contributed by atoms with Crippen LogP contribution in [0.4, 0.5) is 0 Å². The molecule has 0 aliphatic rings. The van der Waals surface area contributed by atoms with Crippen LogP contribution in [-0.4, -0.2) is 39.1 Å². The second-order valence-electron chi connectivity index (χ2n) is 7.48. The number of hydrogen-bond donors (Lipinski definition) is 2. The van der Waals surface area contributed by atoms with Gasteiger partial charge in [-0.05, 0) is 30.5 Å². The summed E-state index contributed by atoms with van der Waals surface area (Å²) >= 11 is 0. The van der Waals surface area contributed by atoms with Crippen molar-refractivity contribution in [3.05, 3.63) is 82.8 Å². The zero-order valence-corrected chi connectivity index (χ0v) is 17.9. The molecule has 0 saturated heterocycles. The number of benzene rings is 1. The van der Waals surface area contributed by atoms with E-state index in [1.165, 1.54) is 4.57 Å². The van der Waals surface area contributed by atoms with Crippen LogP contribution in [0.15, 0.2) is 65.8 Å². The van der Waals surface area contributed by atoms with E-state index in [1.807, 2.05) is 42.5 Å². The lowest BCUT2D eigenvalue weighted by Crippen LogP contribution is -2.34. The van der Waals surface area contributed by atoms with Crippen LogP contribution in [0.25, 0.3) is 22.2 Å². The normalized spacial score (nSPS) is 11.0. The maximum Gasteiger partial charge on any atom is 0.273 e. The number of carbonyl (C=O) groups excluding carboxylic acids is 1. The third-order valence-corrected chi connectivity index (χ3v) is 5.21. The molecule has 4 rings (SSSR count). The van der Waals surface area contributed by atoms with Crippen LogP contribution in [0, 0.1) is 0 Å². The number of nitrogens with one attached hydrogen (secondary N) is 2. The van der Waals surface area contributed by atoms with Gasteiger partial charge in [0.05, 0.1) is 18.4 Å². The number of ether oxygens (including phenoxy) is 1. The molecule has 0 bridgehead atoms. The largest absolute Gasteiger partial charge is 0.385 e. The summed E-state index contributed by atoms with van der Waals surface area (Å²) in [5.74, 6) is -0.255. The van der Waals surface area contributed by atoms with Crippen molar-refractivity contribution in [3.63, 3.8) is 0 Å². The molecule has 8 nitrogen and oxygen atoms in total. The van der Waals surface area contributed by atoms with Gasteiger partial charge in [-0.1, -0.05) is 30.3 Å². The minimum atomic E-state index is -0.255. The summed E-state index contributed by atoms with van der Waals surface area (Å²) in [7, 11) is 1.62. The monoisotopic (exact) mass is 431 g/mol. The molecule has 0 aliphatic carbocycles. The van der Waals surface area contributed by atoms with Gasteiger partial charge in [0.1, 0.15) is 12.2 Å². The third kappa shape index (κ3) is 4.92. The Kier molecular flexibility index (Phi) is 6.72. The predicted octanol–water partition coefficient (Wildman–Crippen LogP) is 2.68. The summed E-state index contributed by atoms with van der Waals surface area (Å²) in [4.78, 5) is 37.7. The lowest BCUT2D eigenvalue weighted by Gasteiger charge is -2.14. The van der Waals surface area contributed by atoms with Crippen molar-refractivity contribution in [2.24, 2.45) is 0 Å². The Hall–Kier alpha value is -3.78. The third-order valence-electron chi connectivity index (χ3n) is 5.21. The molecule has 0 saturated carbocycles. The first-order valence-electron chi connectivity index (χ1n) is 10.5. The Labute approximate surface area is 185 Å². The Balaban J connectivity index is 1.54. The Morgan fingerprint density at radius 3 is 2.81 bits per heavy atom. The summed E-state index contributed by atoms with van der Waals surface area (Å²) in [6.07, 6.45) is 6.32. The van der Waals surface area contributed by atoms with Crippen LogP contribution in [0.1, 0.15) is 17.8 Å². The van der Waals surface area contributed by atoms with Gasteiger partial charge < -0.3 is 15.0 Å². The Morgan fingerprint density at radius 1 is 1.19 bits per heavy atom. The van der Waals surface area contributed by atoms with Crippen LogP contribution >= 0.6 is 0 Å². The van der Waals surface area contributed by atoms with Gasteiger partial charge in [-0.2, -0.15) is 0 Å². The van der Waals surface area contributed by atoms with E-state index in [2.05, 4.69) is 20.3 Å². The maximum atomic E-state index is 13.2. The van der Waals surface area contributed by atoms with E-state index in [-0.39, 0.29) is 18.0 Å². The van der Waals surface area contributed by atoms with Gasteiger partial charge in [-0.3, -0.25) is 24.1 Å². The molecule has 0 atom stereocenters. The number of amides is 1. The summed E-state index contributed by atoms with van der Waals surface area (Å²) in [5.41, 5.74) is 3.44. The minimum absolute atomic E-state index is 0.0926. The van der Waals surface area contributed by atoms with Crippen LogP contribution < -0.4 is 10.9 Å². The number of carbonyl (C=O) groups is 1. The lowest BCUT2D eigenvalue weighted by atomic mass is 10.1. The molecule has 1 aromatic carbocycles. The Morgan fingerprint density at radius 2 is 2.03 bits per heavy atom. The lowest BCUT2D eigenvalue weighted by molar-refractivity contribution is -0.121. The van der Waals surface area contributed by atoms with Crippen LogP contribution in [0.2, 0.25) is 0 Å². The highest BCUT2D eigenvalue weighted by atomic mass is 16.5. The van der Waals surface area contributed by atoms with Crippen LogP contribution in [-0.2, 0) is 29.0 Å². The maximum absolute atomic E-state index is 13.2. The van der Waals surface area contributed by atoms with E-state index >= 15 is 0 Å². The van der Waals surface area contributed by atoms with Crippen molar-refractivity contribution < 1.29 is 9.53 Å². The highest BCUT2D eigenvalue weighted by molar-refractivity contribution is 5.80. The molecule has 0 spiro atoms. The number of pyridine rings is 1. The number of hydrogen-bond acceptors (Lipinski definition) is 5. The molecule has 32 heavy (non-hydrogen) atoms. The fourth-order valence-electron chi connectivity index (χ4n) is 3.60. The fraction of sp³-hybridized carbons (Fsp3) is 0.250. The fourth-order valence-corrected chi connectivity index (χ4v) is 3.60. The number of methoxy groups -OCH3 is 1. The van der Waals surface area contributed by atoms with Crippen molar-refractivity contribution >= 4 is 16.8 Å². The average Bonchev–Trinajstić information content (AvgIpc) is 3.24. The quantitative estimate of drug-likeness (QED) is 0.397. The summed E-state index contributed by atoms with van der Waals surface area (Å²) in [5, 5.41) is 3.88. The summed E-state index contributed by atoms with van der Waals surface area (Å²) in [6.45, 7) is 0.779. The van der Waals surface area contributed by atoms with Crippen molar-refractivity contribution in [2.45, 2.75) is 25.9 Å².